The van der Waals surface area contributed by atoms with Crippen molar-refractivity contribution in [2.45, 2.75) is 0 Å². The molecule has 2 aromatic carbocycles. The molecule has 0 fully saturated rings. The Hall–Kier alpha value is -3.69. The molecule has 0 aliphatic carbocycles. The maximum absolute atomic E-state index is 12.6. The van der Waals surface area contributed by atoms with E-state index in [2.05, 4.69) is 20.6 Å². The van der Waals surface area contributed by atoms with Crippen LogP contribution in [0.1, 0.15) is 5.56 Å². The fraction of sp³-hybridized carbons (Fsp3) is 0.100. The number of hydrogen-bond donors (Lipinski definition) is 3. The Morgan fingerprint density at radius 1 is 1.10 bits per heavy atom. The molecule has 0 radical (unpaired) electrons. The highest BCUT2D eigenvalue weighted by atomic mass is 31.2. The normalized spacial score (nSPS) is 10.8. The van der Waals surface area contributed by atoms with E-state index < -0.39 is 13.2 Å². The highest BCUT2D eigenvalue weighted by molar-refractivity contribution is 7.70. The molecule has 1 aromatic heterocycles. The first-order valence-electron chi connectivity index (χ1n) is 8.57. The molecule has 3 rings (SSSR count). The third-order valence-corrected chi connectivity index (χ3v) is 5.61. The van der Waals surface area contributed by atoms with Crippen molar-refractivity contribution in [2.24, 2.45) is 0 Å². The first-order valence-corrected chi connectivity index (χ1v) is 11.2. The number of anilines is 3. The summed E-state index contributed by atoms with van der Waals surface area (Å²) >= 11 is 0. The topological polar surface area (TPSA) is 128 Å². The molecule has 29 heavy (non-hydrogen) atoms. The van der Waals surface area contributed by atoms with Crippen LogP contribution in [0.3, 0.4) is 0 Å². The standard InChI is InChI=1S/C20H18N5O3P/c1-29(2,28)17-10-6-5-9-16(17)23-18-13(11-21)12-22-19(25-18)14-7-3-4-8-15(14)24-20(26)27/h3-10,12,24H,1-2H3,(H,26,27)(H,22,23,25). The van der Waals surface area contributed by atoms with Gasteiger partial charge in [0.25, 0.3) is 0 Å². The fourth-order valence-electron chi connectivity index (χ4n) is 2.77. The van der Waals surface area contributed by atoms with Gasteiger partial charge in [-0.3, -0.25) is 5.32 Å². The summed E-state index contributed by atoms with van der Waals surface area (Å²) in [6, 6.07) is 15.8. The molecule has 0 spiro atoms. The van der Waals surface area contributed by atoms with Gasteiger partial charge in [0.05, 0.1) is 17.6 Å². The van der Waals surface area contributed by atoms with Crippen molar-refractivity contribution in [1.29, 1.82) is 5.26 Å². The number of carbonyl (C=O) groups is 1. The first kappa shape index (κ1) is 20.1. The number of nitriles is 1. The van der Waals surface area contributed by atoms with Crippen LogP contribution >= 0.6 is 7.14 Å². The summed E-state index contributed by atoms with van der Waals surface area (Å²) in [6.07, 6.45) is 0.155. The molecular weight excluding hydrogens is 389 g/mol. The SMILES string of the molecule is CP(C)(=O)c1ccccc1Nc1nc(-c2ccccc2NC(=O)O)ncc1C#N. The van der Waals surface area contributed by atoms with E-state index in [0.29, 0.717) is 22.2 Å². The van der Waals surface area contributed by atoms with E-state index in [0.717, 1.165) is 0 Å². The van der Waals surface area contributed by atoms with Gasteiger partial charge < -0.3 is 15.0 Å². The largest absolute Gasteiger partial charge is 0.465 e. The summed E-state index contributed by atoms with van der Waals surface area (Å²) in [5.74, 6) is 0.480. The summed E-state index contributed by atoms with van der Waals surface area (Å²) in [5.41, 5.74) is 1.57. The molecule has 3 aromatic rings. The van der Waals surface area contributed by atoms with E-state index in [4.69, 9.17) is 5.11 Å². The summed E-state index contributed by atoms with van der Waals surface area (Å²) in [4.78, 5) is 19.7. The van der Waals surface area contributed by atoms with Crippen molar-refractivity contribution in [3.8, 4) is 17.5 Å². The maximum Gasteiger partial charge on any atom is 0.409 e. The second-order valence-corrected chi connectivity index (χ2v) is 9.72. The number of benzene rings is 2. The zero-order valence-electron chi connectivity index (χ0n) is 15.7. The smallest absolute Gasteiger partial charge is 0.409 e. The molecule has 8 nitrogen and oxygen atoms in total. The van der Waals surface area contributed by atoms with Crippen molar-refractivity contribution in [3.05, 3.63) is 60.3 Å². The van der Waals surface area contributed by atoms with Crippen molar-refractivity contribution >= 4 is 35.7 Å². The zero-order valence-corrected chi connectivity index (χ0v) is 16.6. The molecule has 0 saturated carbocycles. The van der Waals surface area contributed by atoms with Gasteiger partial charge in [-0.25, -0.2) is 14.8 Å². The quantitative estimate of drug-likeness (QED) is 0.543. The minimum atomic E-state index is -2.57. The number of amides is 1. The summed E-state index contributed by atoms with van der Waals surface area (Å²) in [6.45, 7) is 3.33. The van der Waals surface area contributed by atoms with Crippen LogP contribution in [-0.2, 0) is 4.57 Å². The molecule has 1 heterocycles. The number of carboxylic acid groups (broad SMARTS) is 1. The number of para-hydroxylation sites is 2. The first-order chi connectivity index (χ1) is 13.8. The second-order valence-electron chi connectivity index (χ2n) is 6.54. The van der Waals surface area contributed by atoms with Gasteiger partial charge in [-0.15, -0.1) is 0 Å². The molecule has 0 aliphatic heterocycles. The minimum Gasteiger partial charge on any atom is -0.465 e. The molecule has 0 unspecified atom stereocenters. The molecule has 146 valence electrons. The molecule has 0 saturated heterocycles. The maximum atomic E-state index is 12.6. The second kappa shape index (κ2) is 8.13. The van der Waals surface area contributed by atoms with Gasteiger partial charge in [-0.1, -0.05) is 24.3 Å². The van der Waals surface area contributed by atoms with Gasteiger partial charge in [0, 0.05) is 10.9 Å². The molecule has 1 amide bonds. The molecule has 0 bridgehead atoms. The van der Waals surface area contributed by atoms with Crippen LogP contribution in [-0.4, -0.2) is 34.5 Å². The van der Waals surface area contributed by atoms with E-state index in [1.807, 2.05) is 6.07 Å². The lowest BCUT2D eigenvalue weighted by atomic mass is 10.1. The van der Waals surface area contributed by atoms with Crippen LogP contribution < -0.4 is 15.9 Å². The van der Waals surface area contributed by atoms with Gasteiger partial charge in [-0.05, 0) is 37.6 Å². The lowest BCUT2D eigenvalue weighted by Crippen LogP contribution is -2.12. The van der Waals surface area contributed by atoms with Crippen molar-refractivity contribution in [2.75, 3.05) is 24.0 Å². The minimum absolute atomic E-state index is 0.203. The average molecular weight is 407 g/mol. The Bertz CT molecular complexity index is 1170. The van der Waals surface area contributed by atoms with Gasteiger partial charge in [0.15, 0.2) is 11.6 Å². The number of nitrogens with one attached hydrogen (secondary N) is 2. The fourth-order valence-corrected chi connectivity index (χ4v) is 3.92. The van der Waals surface area contributed by atoms with Gasteiger partial charge in [0.1, 0.15) is 18.8 Å². The molecule has 0 aliphatic rings. The third-order valence-electron chi connectivity index (χ3n) is 4.06. The van der Waals surface area contributed by atoms with Crippen molar-refractivity contribution in [1.82, 2.24) is 9.97 Å². The highest BCUT2D eigenvalue weighted by Gasteiger charge is 2.18. The van der Waals surface area contributed by atoms with E-state index in [9.17, 15) is 14.6 Å². The predicted molar refractivity (Wildman–Crippen MR) is 113 cm³/mol. The number of rotatable bonds is 5. The van der Waals surface area contributed by atoms with Crippen LogP contribution in [0, 0.1) is 11.3 Å². The Balaban J connectivity index is 2.09. The monoisotopic (exact) mass is 407 g/mol. The highest BCUT2D eigenvalue weighted by Crippen LogP contribution is 2.38. The number of hydrogen-bond acceptors (Lipinski definition) is 6. The van der Waals surface area contributed by atoms with Gasteiger partial charge >= 0.3 is 6.09 Å². The Kier molecular flexibility index (Phi) is 5.62. The van der Waals surface area contributed by atoms with Crippen molar-refractivity contribution in [3.63, 3.8) is 0 Å². The number of nitrogens with zero attached hydrogens (tertiary/aromatic N) is 3. The zero-order chi connectivity index (χ0) is 21.0. The van der Waals surface area contributed by atoms with E-state index in [1.54, 1.807) is 61.9 Å². The molecule has 9 heteroatoms. The van der Waals surface area contributed by atoms with Crippen LogP contribution in [0.5, 0.6) is 0 Å². The van der Waals surface area contributed by atoms with Crippen LogP contribution in [0.25, 0.3) is 11.4 Å². The van der Waals surface area contributed by atoms with E-state index >= 15 is 0 Å². The Morgan fingerprint density at radius 2 is 1.76 bits per heavy atom. The van der Waals surface area contributed by atoms with Crippen molar-refractivity contribution < 1.29 is 14.5 Å². The average Bonchev–Trinajstić information content (AvgIpc) is 2.67. The van der Waals surface area contributed by atoms with Crippen LogP contribution in [0.2, 0.25) is 0 Å². The predicted octanol–water partition coefficient (Wildman–Crippen LogP) is 4.10. The summed E-state index contributed by atoms with van der Waals surface area (Å²) in [5, 5.41) is 24.5. The van der Waals surface area contributed by atoms with E-state index in [-0.39, 0.29) is 17.2 Å². The molecule has 0 atom stereocenters. The molecule has 3 N–H and O–H groups in total. The summed E-state index contributed by atoms with van der Waals surface area (Å²) in [7, 11) is -2.57. The van der Waals surface area contributed by atoms with Gasteiger partial charge in [-0.2, -0.15) is 5.26 Å². The van der Waals surface area contributed by atoms with Gasteiger partial charge in [0.2, 0.25) is 0 Å². The lowest BCUT2D eigenvalue weighted by Gasteiger charge is -2.16. The van der Waals surface area contributed by atoms with E-state index in [1.165, 1.54) is 6.20 Å². The van der Waals surface area contributed by atoms with Crippen LogP contribution in [0.15, 0.2) is 54.7 Å². The van der Waals surface area contributed by atoms with Crippen LogP contribution in [0.4, 0.5) is 22.0 Å². The summed E-state index contributed by atoms with van der Waals surface area (Å²) < 4.78 is 12.6. The lowest BCUT2D eigenvalue weighted by molar-refractivity contribution is 0.210. The number of aromatic nitrogens is 2. The molecular formula is C20H18N5O3P. The third kappa shape index (κ3) is 4.60. The Morgan fingerprint density at radius 3 is 2.41 bits per heavy atom. The Labute approximate surface area is 167 Å².